The number of carbonyl (C=O) groups is 1. The van der Waals surface area contributed by atoms with Gasteiger partial charge in [0.05, 0.1) is 17.4 Å². The molecule has 2 aromatic heterocycles. The van der Waals surface area contributed by atoms with Crippen LogP contribution in [0.15, 0.2) is 73.2 Å². The highest BCUT2D eigenvalue weighted by Crippen LogP contribution is 2.27. The fourth-order valence-electron chi connectivity index (χ4n) is 4.47. The second-order valence-electron chi connectivity index (χ2n) is 8.41. The third-order valence-corrected chi connectivity index (χ3v) is 6.48. The molecule has 1 aliphatic heterocycles. The lowest BCUT2D eigenvalue weighted by molar-refractivity contribution is -0.132. The van der Waals surface area contributed by atoms with Gasteiger partial charge in [0.25, 0.3) is 0 Å². The molecule has 1 amide bonds. The zero-order valence-corrected chi connectivity index (χ0v) is 18.6. The molecule has 3 heterocycles. The predicted octanol–water partition coefficient (Wildman–Crippen LogP) is 5.08. The lowest BCUT2D eigenvalue weighted by atomic mass is 9.92. The number of para-hydroxylation sites is 2. The van der Waals surface area contributed by atoms with E-state index in [-0.39, 0.29) is 5.91 Å². The van der Waals surface area contributed by atoms with Gasteiger partial charge >= 0.3 is 0 Å². The van der Waals surface area contributed by atoms with Crippen molar-refractivity contribution in [2.24, 2.45) is 0 Å². The summed E-state index contributed by atoms with van der Waals surface area (Å²) >= 11 is 6.09. The number of likely N-dealkylation sites (tertiary alicyclic amines) is 1. The minimum Gasteiger partial charge on any atom is -0.341 e. The van der Waals surface area contributed by atoms with Crippen LogP contribution in [0.3, 0.4) is 0 Å². The molecule has 32 heavy (non-hydrogen) atoms. The van der Waals surface area contributed by atoms with Gasteiger partial charge in [-0.1, -0.05) is 41.9 Å². The smallest absolute Gasteiger partial charge is 0.242 e. The molecule has 5 rings (SSSR count). The molecule has 162 valence electrons. The Morgan fingerprint density at radius 2 is 1.81 bits per heavy atom. The first-order valence-corrected chi connectivity index (χ1v) is 11.4. The highest BCUT2D eigenvalue weighted by atomic mass is 35.5. The van der Waals surface area contributed by atoms with E-state index in [2.05, 4.69) is 23.2 Å². The largest absolute Gasteiger partial charge is 0.341 e. The van der Waals surface area contributed by atoms with Crippen molar-refractivity contribution in [1.29, 1.82) is 0 Å². The van der Waals surface area contributed by atoms with Crippen molar-refractivity contribution in [2.75, 3.05) is 13.1 Å². The maximum Gasteiger partial charge on any atom is 0.242 e. The van der Waals surface area contributed by atoms with E-state index in [0.717, 1.165) is 54.1 Å². The van der Waals surface area contributed by atoms with Crippen molar-refractivity contribution in [3.63, 3.8) is 0 Å². The van der Waals surface area contributed by atoms with Gasteiger partial charge in [0.1, 0.15) is 6.54 Å². The Hall–Kier alpha value is -3.18. The summed E-state index contributed by atoms with van der Waals surface area (Å²) in [5.41, 5.74) is 5.40. The van der Waals surface area contributed by atoms with Gasteiger partial charge < -0.3 is 9.47 Å². The Morgan fingerprint density at radius 3 is 2.59 bits per heavy atom. The number of amides is 1. The van der Waals surface area contributed by atoms with Gasteiger partial charge in [-0.2, -0.15) is 0 Å². The van der Waals surface area contributed by atoms with Gasteiger partial charge in [-0.05, 0) is 60.7 Å². The zero-order chi connectivity index (χ0) is 21.9. The van der Waals surface area contributed by atoms with E-state index in [1.807, 2.05) is 58.1 Å². The molecule has 0 unspecified atom stereocenters. The molecule has 2 aromatic carbocycles. The van der Waals surface area contributed by atoms with Crippen molar-refractivity contribution in [3.8, 4) is 0 Å². The number of aromatic nitrogens is 3. The number of benzene rings is 2. The highest BCUT2D eigenvalue weighted by molar-refractivity contribution is 6.30. The van der Waals surface area contributed by atoms with Crippen LogP contribution in [-0.4, -0.2) is 38.4 Å². The van der Waals surface area contributed by atoms with Crippen LogP contribution in [0.25, 0.3) is 11.0 Å². The molecular weight excluding hydrogens is 420 g/mol. The van der Waals surface area contributed by atoms with Gasteiger partial charge in [-0.15, -0.1) is 0 Å². The lowest BCUT2D eigenvalue weighted by Gasteiger charge is -2.32. The number of carbonyl (C=O) groups excluding carboxylic acids is 1. The van der Waals surface area contributed by atoms with Crippen molar-refractivity contribution in [3.05, 3.63) is 95.0 Å². The first kappa shape index (κ1) is 20.7. The number of hydrogen-bond acceptors (Lipinski definition) is 3. The fraction of sp³-hybridized carbons (Fsp3) is 0.269. The number of hydrogen-bond donors (Lipinski definition) is 0. The quantitative estimate of drug-likeness (QED) is 0.431. The van der Waals surface area contributed by atoms with Crippen LogP contribution in [0.2, 0.25) is 5.02 Å². The molecule has 0 atom stereocenters. The molecule has 1 aliphatic rings. The summed E-state index contributed by atoms with van der Waals surface area (Å²) < 4.78 is 1.93. The molecule has 0 N–H and O–H groups in total. The Bertz CT molecular complexity index is 1230. The second-order valence-corrected chi connectivity index (χ2v) is 8.85. The van der Waals surface area contributed by atoms with Gasteiger partial charge in [-0.3, -0.25) is 9.78 Å². The number of pyridine rings is 1. The van der Waals surface area contributed by atoms with E-state index < -0.39 is 0 Å². The van der Waals surface area contributed by atoms with E-state index in [0.29, 0.717) is 12.5 Å². The summed E-state index contributed by atoms with van der Waals surface area (Å²) in [4.78, 5) is 23.9. The molecule has 0 aliphatic carbocycles. The Balaban J connectivity index is 1.17. The first-order valence-electron chi connectivity index (χ1n) is 11.0. The third-order valence-electron chi connectivity index (χ3n) is 6.24. The predicted molar refractivity (Wildman–Crippen MR) is 127 cm³/mol. The van der Waals surface area contributed by atoms with Crippen LogP contribution < -0.4 is 0 Å². The maximum atomic E-state index is 12.8. The molecule has 4 aromatic rings. The first-order chi connectivity index (χ1) is 15.7. The summed E-state index contributed by atoms with van der Waals surface area (Å²) in [6.45, 7) is 1.87. The lowest BCUT2D eigenvalue weighted by Crippen LogP contribution is -2.39. The normalized spacial score (nSPS) is 14.7. The topological polar surface area (TPSA) is 51.0 Å². The van der Waals surface area contributed by atoms with Crippen molar-refractivity contribution < 1.29 is 4.79 Å². The minimum absolute atomic E-state index is 0.149. The van der Waals surface area contributed by atoms with Crippen LogP contribution in [0, 0.1) is 0 Å². The zero-order valence-electron chi connectivity index (χ0n) is 17.8. The summed E-state index contributed by atoms with van der Waals surface area (Å²) in [5.74, 6) is 0.546. The van der Waals surface area contributed by atoms with E-state index >= 15 is 0 Å². The standard InChI is InChI=1S/C26H25ClN4O/c27-22-5-3-4-19(15-22)14-20-8-9-23(28-16-20)21-10-12-30(13-11-21)26(32)17-31-18-29-24-6-1-2-7-25(24)31/h1-9,15-16,18,21H,10-14,17H2. The van der Waals surface area contributed by atoms with Gasteiger partial charge in [0, 0.05) is 35.9 Å². The minimum atomic E-state index is 0.149. The number of nitrogens with zero attached hydrogens (tertiary/aromatic N) is 4. The van der Waals surface area contributed by atoms with Gasteiger partial charge in [0.2, 0.25) is 5.91 Å². The summed E-state index contributed by atoms with van der Waals surface area (Å²) in [6, 6.07) is 20.1. The monoisotopic (exact) mass is 444 g/mol. The van der Waals surface area contributed by atoms with E-state index in [1.165, 1.54) is 11.1 Å². The molecule has 0 spiro atoms. The Kier molecular flexibility index (Phi) is 5.91. The summed E-state index contributed by atoms with van der Waals surface area (Å²) in [6.07, 6.45) is 6.43. The number of fused-ring (bicyclic) bond motifs is 1. The molecular formula is C26H25ClN4O. The average Bonchev–Trinajstić information content (AvgIpc) is 3.22. The van der Waals surface area contributed by atoms with Crippen LogP contribution in [0.4, 0.5) is 0 Å². The van der Waals surface area contributed by atoms with Crippen molar-refractivity contribution >= 4 is 28.5 Å². The fourth-order valence-corrected chi connectivity index (χ4v) is 4.68. The molecule has 0 bridgehead atoms. The van der Waals surface area contributed by atoms with Crippen LogP contribution in [0.5, 0.6) is 0 Å². The Labute approximate surface area is 192 Å². The second kappa shape index (κ2) is 9.13. The number of piperidine rings is 1. The maximum absolute atomic E-state index is 12.8. The van der Waals surface area contributed by atoms with Crippen molar-refractivity contribution in [2.45, 2.75) is 31.7 Å². The Morgan fingerprint density at radius 1 is 0.969 bits per heavy atom. The SMILES string of the molecule is O=C(Cn1cnc2ccccc21)N1CCC(c2ccc(Cc3cccc(Cl)c3)cn2)CC1. The van der Waals surface area contributed by atoms with Gasteiger partial charge in [-0.25, -0.2) is 4.98 Å². The molecule has 1 fully saturated rings. The molecule has 5 nitrogen and oxygen atoms in total. The summed E-state index contributed by atoms with van der Waals surface area (Å²) in [5, 5.41) is 0.759. The molecule has 1 saturated heterocycles. The number of imidazole rings is 1. The number of halogens is 1. The highest BCUT2D eigenvalue weighted by Gasteiger charge is 2.25. The third kappa shape index (κ3) is 4.53. The molecule has 6 heteroatoms. The summed E-state index contributed by atoms with van der Waals surface area (Å²) in [7, 11) is 0. The van der Waals surface area contributed by atoms with Crippen LogP contribution in [-0.2, 0) is 17.8 Å². The molecule has 0 radical (unpaired) electrons. The number of rotatable bonds is 5. The van der Waals surface area contributed by atoms with E-state index in [1.54, 1.807) is 6.33 Å². The van der Waals surface area contributed by atoms with Gasteiger partial charge in [0.15, 0.2) is 0 Å². The molecule has 0 saturated carbocycles. The van der Waals surface area contributed by atoms with Crippen LogP contribution in [0.1, 0.15) is 35.6 Å². The van der Waals surface area contributed by atoms with Crippen molar-refractivity contribution in [1.82, 2.24) is 19.4 Å². The van der Waals surface area contributed by atoms with Crippen LogP contribution >= 0.6 is 11.6 Å². The van der Waals surface area contributed by atoms with E-state index in [4.69, 9.17) is 16.6 Å². The average molecular weight is 445 g/mol. The van der Waals surface area contributed by atoms with E-state index in [9.17, 15) is 4.79 Å².